The first kappa shape index (κ1) is 17.4. The van der Waals surface area contributed by atoms with E-state index in [2.05, 4.69) is 15.7 Å². The number of carbonyl (C=O) groups excluding carboxylic acids is 1. The fraction of sp³-hybridized carbons (Fsp3) is 0.667. The van der Waals surface area contributed by atoms with Crippen LogP contribution in [0.15, 0.2) is 12.4 Å². The highest BCUT2D eigenvalue weighted by molar-refractivity contribution is 5.85. The molecular weight excluding hydrogens is 298 g/mol. The molecule has 1 aliphatic heterocycles. The van der Waals surface area contributed by atoms with Crippen LogP contribution in [0.25, 0.3) is 0 Å². The van der Waals surface area contributed by atoms with Gasteiger partial charge in [0.25, 0.3) is 0 Å². The summed E-state index contributed by atoms with van der Waals surface area (Å²) < 4.78 is 1.33. The summed E-state index contributed by atoms with van der Waals surface area (Å²) in [6.07, 6.45) is 4.21. The molecule has 2 heterocycles. The van der Waals surface area contributed by atoms with E-state index < -0.39 is 10.5 Å². The van der Waals surface area contributed by atoms with E-state index in [1.54, 1.807) is 13.8 Å². The fourth-order valence-electron chi connectivity index (χ4n) is 2.15. The summed E-state index contributed by atoms with van der Waals surface area (Å²) in [4.78, 5) is 22.5. The molecule has 118 valence electrons. The normalized spacial score (nSPS) is 16.1. The van der Waals surface area contributed by atoms with E-state index >= 15 is 0 Å². The van der Waals surface area contributed by atoms with E-state index in [9.17, 15) is 14.9 Å². The lowest BCUT2D eigenvalue weighted by Crippen LogP contribution is -2.51. The lowest BCUT2D eigenvalue weighted by Gasteiger charge is -2.29. The van der Waals surface area contributed by atoms with Gasteiger partial charge in [-0.1, -0.05) is 0 Å². The van der Waals surface area contributed by atoms with Gasteiger partial charge >= 0.3 is 5.69 Å². The molecule has 0 radical (unpaired) electrons. The Balaban J connectivity index is 0.00000220. The van der Waals surface area contributed by atoms with Crippen molar-refractivity contribution in [3.8, 4) is 0 Å². The molecule has 0 aromatic carbocycles. The Morgan fingerprint density at radius 1 is 1.52 bits per heavy atom. The first-order valence-corrected chi connectivity index (χ1v) is 6.62. The van der Waals surface area contributed by atoms with Gasteiger partial charge in [-0.3, -0.25) is 19.6 Å². The monoisotopic (exact) mass is 317 g/mol. The standard InChI is InChI=1S/C12H19N5O3.ClH/c1-12(2,16-8-10(7-14-16)17(19)20)11(18)15-9-3-5-13-6-4-9;/h7-9,13H,3-6H2,1-2H3,(H,15,18);1H. The number of amides is 1. The van der Waals surface area contributed by atoms with Gasteiger partial charge in [0.15, 0.2) is 0 Å². The van der Waals surface area contributed by atoms with Crippen molar-refractivity contribution in [1.29, 1.82) is 0 Å². The van der Waals surface area contributed by atoms with E-state index in [-0.39, 0.29) is 30.0 Å². The van der Waals surface area contributed by atoms with Crippen LogP contribution in [-0.2, 0) is 10.3 Å². The predicted octanol–water partition coefficient (Wildman–Crippen LogP) is 0.816. The van der Waals surface area contributed by atoms with Crippen LogP contribution in [0.5, 0.6) is 0 Å². The lowest BCUT2D eigenvalue weighted by molar-refractivity contribution is -0.385. The second kappa shape index (κ2) is 6.86. The summed E-state index contributed by atoms with van der Waals surface area (Å²) in [7, 11) is 0. The second-order valence-corrected chi connectivity index (χ2v) is 5.46. The smallest absolute Gasteiger partial charge is 0.307 e. The second-order valence-electron chi connectivity index (χ2n) is 5.46. The Bertz CT molecular complexity index is 511. The average Bonchev–Trinajstić information content (AvgIpc) is 2.90. The fourth-order valence-corrected chi connectivity index (χ4v) is 2.15. The predicted molar refractivity (Wildman–Crippen MR) is 79.5 cm³/mol. The molecule has 1 amide bonds. The Morgan fingerprint density at radius 3 is 2.67 bits per heavy atom. The maximum Gasteiger partial charge on any atom is 0.307 e. The maximum absolute atomic E-state index is 12.4. The summed E-state index contributed by atoms with van der Waals surface area (Å²) >= 11 is 0. The molecular formula is C12H20ClN5O3. The van der Waals surface area contributed by atoms with Crippen LogP contribution in [0.4, 0.5) is 5.69 Å². The summed E-state index contributed by atoms with van der Waals surface area (Å²) in [5.41, 5.74) is -1.08. The summed E-state index contributed by atoms with van der Waals surface area (Å²) in [6, 6.07) is 0.147. The highest BCUT2D eigenvalue weighted by Gasteiger charge is 2.33. The van der Waals surface area contributed by atoms with Crippen molar-refractivity contribution in [3.05, 3.63) is 22.5 Å². The van der Waals surface area contributed by atoms with Gasteiger partial charge in [0.05, 0.1) is 4.92 Å². The van der Waals surface area contributed by atoms with Crippen LogP contribution in [0.2, 0.25) is 0 Å². The zero-order valence-electron chi connectivity index (χ0n) is 12.0. The zero-order valence-corrected chi connectivity index (χ0v) is 12.9. The van der Waals surface area contributed by atoms with Crippen LogP contribution in [0.3, 0.4) is 0 Å². The number of nitrogens with one attached hydrogen (secondary N) is 2. The minimum absolute atomic E-state index is 0. The van der Waals surface area contributed by atoms with Gasteiger partial charge < -0.3 is 10.6 Å². The molecule has 0 atom stereocenters. The van der Waals surface area contributed by atoms with Crippen molar-refractivity contribution in [1.82, 2.24) is 20.4 Å². The molecule has 1 aliphatic rings. The van der Waals surface area contributed by atoms with Crippen molar-refractivity contribution in [2.24, 2.45) is 0 Å². The lowest BCUT2D eigenvalue weighted by atomic mass is 10.0. The number of nitro groups is 1. The minimum Gasteiger partial charge on any atom is -0.351 e. The Kier molecular flexibility index (Phi) is 5.68. The number of aromatic nitrogens is 2. The summed E-state index contributed by atoms with van der Waals surface area (Å²) in [6.45, 7) is 5.16. The number of rotatable bonds is 4. The van der Waals surface area contributed by atoms with E-state index in [1.807, 2.05) is 0 Å². The van der Waals surface area contributed by atoms with Gasteiger partial charge in [-0.2, -0.15) is 5.10 Å². The van der Waals surface area contributed by atoms with E-state index in [4.69, 9.17) is 0 Å². The van der Waals surface area contributed by atoms with Crippen LogP contribution in [0.1, 0.15) is 26.7 Å². The first-order chi connectivity index (χ1) is 9.41. The highest BCUT2D eigenvalue weighted by Crippen LogP contribution is 2.19. The van der Waals surface area contributed by atoms with Gasteiger partial charge in [0, 0.05) is 6.04 Å². The van der Waals surface area contributed by atoms with Gasteiger partial charge in [-0.15, -0.1) is 12.4 Å². The van der Waals surface area contributed by atoms with Crippen molar-refractivity contribution >= 4 is 24.0 Å². The molecule has 1 saturated heterocycles. The van der Waals surface area contributed by atoms with Crippen molar-refractivity contribution < 1.29 is 9.72 Å². The third-order valence-corrected chi connectivity index (χ3v) is 3.58. The molecule has 0 unspecified atom stereocenters. The van der Waals surface area contributed by atoms with Crippen molar-refractivity contribution in [2.45, 2.75) is 38.3 Å². The number of carbonyl (C=O) groups is 1. The molecule has 1 fully saturated rings. The van der Waals surface area contributed by atoms with Gasteiger partial charge in [-0.05, 0) is 39.8 Å². The molecule has 1 aromatic heterocycles. The topological polar surface area (TPSA) is 102 Å². The molecule has 1 aromatic rings. The maximum atomic E-state index is 12.4. The molecule has 8 nitrogen and oxygen atoms in total. The number of hydrogen-bond donors (Lipinski definition) is 2. The molecule has 9 heteroatoms. The Labute approximate surface area is 128 Å². The van der Waals surface area contributed by atoms with Gasteiger partial charge in [0.2, 0.25) is 5.91 Å². The van der Waals surface area contributed by atoms with E-state index in [0.29, 0.717) is 0 Å². The van der Waals surface area contributed by atoms with Crippen LogP contribution < -0.4 is 10.6 Å². The molecule has 0 bridgehead atoms. The Morgan fingerprint density at radius 2 is 2.14 bits per heavy atom. The minimum atomic E-state index is -0.959. The molecule has 0 saturated carbocycles. The quantitative estimate of drug-likeness (QED) is 0.632. The average molecular weight is 318 g/mol. The highest BCUT2D eigenvalue weighted by atomic mass is 35.5. The van der Waals surface area contributed by atoms with Crippen LogP contribution in [-0.4, -0.2) is 39.7 Å². The molecule has 2 rings (SSSR count). The van der Waals surface area contributed by atoms with Gasteiger partial charge in [-0.25, -0.2) is 0 Å². The van der Waals surface area contributed by atoms with E-state index in [0.717, 1.165) is 32.1 Å². The van der Waals surface area contributed by atoms with Crippen molar-refractivity contribution in [3.63, 3.8) is 0 Å². The summed E-state index contributed by atoms with van der Waals surface area (Å²) in [5.74, 6) is -0.178. The molecule has 2 N–H and O–H groups in total. The van der Waals surface area contributed by atoms with Gasteiger partial charge in [0.1, 0.15) is 17.9 Å². The number of nitrogens with zero attached hydrogens (tertiary/aromatic N) is 3. The molecule has 0 spiro atoms. The third kappa shape index (κ3) is 3.92. The third-order valence-electron chi connectivity index (χ3n) is 3.58. The number of piperidine rings is 1. The SMILES string of the molecule is CC(C)(C(=O)NC1CCNCC1)n1cc([N+](=O)[O-])cn1.Cl. The molecule has 0 aliphatic carbocycles. The number of hydrogen-bond acceptors (Lipinski definition) is 5. The zero-order chi connectivity index (χ0) is 14.8. The first-order valence-electron chi connectivity index (χ1n) is 6.62. The summed E-state index contributed by atoms with van der Waals surface area (Å²) in [5, 5.41) is 20.8. The van der Waals surface area contributed by atoms with Crippen molar-refractivity contribution in [2.75, 3.05) is 13.1 Å². The number of halogens is 1. The van der Waals surface area contributed by atoms with E-state index in [1.165, 1.54) is 10.9 Å². The largest absolute Gasteiger partial charge is 0.351 e. The van der Waals surface area contributed by atoms with Crippen LogP contribution >= 0.6 is 12.4 Å². The van der Waals surface area contributed by atoms with Crippen LogP contribution in [0, 0.1) is 10.1 Å². The Hall–Kier alpha value is -1.67. The molecule has 21 heavy (non-hydrogen) atoms.